The van der Waals surface area contributed by atoms with Crippen LogP contribution in [0.15, 0.2) is 77.9 Å². The van der Waals surface area contributed by atoms with Crippen LogP contribution in [-0.2, 0) is 6.54 Å². The van der Waals surface area contributed by atoms with Gasteiger partial charge in [0.2, 0.25) is 0 Å². The first-order valence-corrected chi connectivity index (χ1v) is 9.25. The molecule has 0 fully saturated rings. The van der Waals surface area contributed by atoms with E-state index in [4.69, 9.17) is 0 Å². The van der Waals surface area contributed by atoms with E-state index in [-0.39, 0.29) is 5.56 Å². The fourth-order valence-corrected chi connectivity index (χ4v) is 4.19. The minimum Gasteiger partial charge on any atom is -0.361 e. The summed E-state index contributed by atoms with van der Waals surface area (Å²) in [6.45, 7) is 1.88. The number of H-pyrrole nitrogens is 1. The lowest BCUT2D eigenvalue weighted by Crippen LogP contribution is -2.31. The van der Waals surface area contributed by atoms with Crippen LogP contribution in [0.4, 0.5) is 0 Å². The highest BCUT2D eigenvalue weighted by molar-refractivity contribution is 5.80. The molecule has 0 radical (unpaired) electrons. The Morgan fingerprint density at radius 2 is 1.96 bits per heavy atom. The molecule has 3 heterocycles. The zero-order chi connectivity index (χ0) is 18.4. The zero-order valence-electron chi connectivity index (χ0n) is 15.2. The van der Waals surface area contributed by atoms with E-state index >= 15 is 0 Å². The molecule has 0 bridgehead atoms. The molecule has 4 aromatic rings. The number of nitrogens with zero attached hydrogens (tertiary/aromatic N) is 2. The molecule has 1 aliphatic heterocycles. The number of pyridine rings is 1. The van der Waals surface area contributed by atoms with Gasteiger partial charge in [-0.25, -0.2) is 0 Å². The van der Waals surface area contributed by atoms with Gasteiger partial charge in [0.1, 0.15) is 0 Å². The summed E-state index contributed by atoms with van der Waals surface area (Å²) in [4.78, 5) is 17.9. The number of fused-ring (bicyclic) bond motifs is 2. The molecule has 5 rings (SSSR count). The van der Waals surface area contributed by atoms with Crippen LogP contribution in [0, 0.1) is 0 Å². The SMILES string of the molecule is CN1Cc2cc(-n3ccccc3=O)ccc2C(c2ccc3cc[nH]c3c2)C1. The van der Waals surface area contributed by atoms with E-state index in [9.17, 15) is 4.79 Å². The second kappa shape index (κ2) is 6.25. The maximum Gasteiger partial charge on any atom is 0.255 e. The predicted molar refractivity (Wildman–Crippen MR) is 109 cm³/mol. The van der Waals surface area contributed by atoms with Crippen LogP contribution in [0.25, 0.3) is 16.6 Å². The highest BCUT2D eigenvalue weighted by Crippen LogP contribution is 2.35. The Morgan fingerprint density at radius 1 is 1.04 bits per heavy atom. The van der Waals surface area contributed by atoms with E-state index in [0.717, 1.165) is 18.8 Å². The maximum atomic E-state index is 12.2. The second-order valence-corrected chi connectivity index (χ2v) is 7.37. The number of likely N-dealkylation sites (N-methyl/N-ethyl adjacent to an activating group) is 1. The Hall–Kier alpha value is -3.11. The fraction of sp³-hybridized carbons (Fsp3) is 0.174. The van der Waals surface area contributed by atoms with E-state index in [1.54, 1.807) is 16.7 Å². The lowest BCUT2D eigenvalue weighted by Gasteiger charge is -2.33. The first-order valence-electron chi connectivity index (χ1n) is 9.25. The molecule has 27 heavy (non-hydrogen) atoms. The molecule has 0 saturated carbocycles. The Labute approximate surface area is 157 Å². The average molecular weight is 355 g/mol. The van der Waals surface area contributed by atoms with Gasteiger partial charge in [-0.3, -0.25) is 9.36 Å². The van der Waals surface area contributed by atoms with Gasteiger partial charge in [-0.15, -0.1) is 0 Å². The lowest BCUT2D eigenvalue weighted by atomic mass is 9.84. The van der Waals surface area contributed by atoms with Crippen LogP contribution in [0.2, 0.25) is 0 Å². The topological polar surface area (TPSA) is 41.0 Å². The summed E-state index contributed by atoms with van der Waals surface area (Å²) in [5.74, 6) is 0.327. The number of nitrogens with one attached hydrogen (secondary N) is 1. The quantitative estimate of drug-likeness (QED) is 0.592. The molecule has 1 aliphatic rings. The minimum absolute atomic E-state index is 0.00430. The molecule has 0 spiro atoms. The molecule has 2 aromatic heterocycles. The monoisotopic (exact) mass is 355 g/mol. The van der Waals surface area contributed by atoms with Gasteiger partial charge in [-0.1, -0.05) is 24.3 Å². The summed E-state index contributed by atoms with van der Waals surface area (Å²) < 4.78 is 1.70. The first-order chi connectivity index (χ1) is 13.2. The molecule has 0 aliphatic carbocycles. The van der Waals surface area contributed by atoms with Crippen molar-refractivity contribution in [2.24, 2.45) is 0 Å². The third-order valence-electron chi connectivity index (χ3n) is 5.52. The molecule has 1 atom stereocenters. The van der Waals surface area contributed by atoms with Crippen molar-refractivity contribution < 1.29 is 0 Å². The van der Waals surface area contributed by atoms with Gasteiger partial charge in [0.15, 0.2) is 0 Å². The summed E-state index contributed by atoms with van der Waals surface area (Å²) in [6, 6.07) is 20.5. The van der Waals surface area contributed by atoms with Crippen LogP contribution in [-0.4, -0.2) is 28.0 Å². The van der Waals surface area contributed by atoms with Crippen molar-refractivity contribution in [3.63, 3.8) is 0 Å². The van der Waals surface area contributed by atoms with Crippen molar-refractivity contribution >= 4 is 10.9 Å². The molecule has 4 heteroatoms. The number of aromatic amines is 1. The predicted octanol–water partition coefficient (Wildman–Crippen LogP) is 3.90. The number of aromatic nitrogens is 2. The average Bonchev–Trinajstić information content (AvgIpc) is 3.15. The molecule has 134 valence electrons. The first kappa shape index (κ1) is 16.1. The van der Waals surface area contributed by atoms with Crippen molar-refractivity contribution in [2.75, 3.05) is 13.6 Å². The largest absolute Gasteiger partial charge is 0.361 e. The molecule has 0 amide bonds. The van der Waals surface area contributed by atoms with Crippen LogP contribution in [0.5, 0.6) is 0 Å². The van der Waals surface area contributed by atoms with Crippen LogP contribution in [0.1, 0.15) is 22.6 Å². The lowest BCUT2D eigenvalue weighted by molar-refractivity contribution is 0.295. The van der Waals surface area contributed by atoms with Crippen molar-refractivity contribution in [1.29, 1.82) is 0 Å². The smallest absolute Gasteiger partial charge is 0.255 e. The van der Waals surface area contributed by atoms with Gasteiger partial charge in [-0.05, 0) is 59.5 Å². The molecule has 4 nitrogen and oxygen atoms in total. The summed E-state index contributed by atoms with van der Waals surface area (Å²) in [5, 5.41) is 1.24. The normalized spacial score (nSPS) is 17.1. The number of benzene rings is 2. The van der Waals surface area contributed by atoms with Gasteiger partial charge in [-0.2, -0.15) is 0 Å². The Kier molecular flexibility index (Phi) is 3.73. The van der Waals surface area contributed by atoms with E-state index in [2.05, 4.69) is 59.4 Å². The van der Waals surface area contributed by atoms with E-state index in [1.807, 2.05) is 18.5 Å². The van der Waals surface area contributed by atoms with E-state index in [0.29, 0.717) is 5.92 Å². The van der Waals surface area contributed by atoms with Crippen LogP contribution >= 0.6 is 0 Å². The van der Waals surface area contributed by atoms with Gasteiger partial charge in [0.25, 0.3) is 5.56 Å². The van der Waals surface area contributed by atoms with Gasteiger partial charge in [0, 0.05) is 48.7 Å². The van der Waals surface area contributed by atoms with Crippen molar-refractivity contribution in [3.8, 4) is 5.69 Å². The highest BCUT2D eigenvalue weighted by Gasteiger charge is 2.25. The van der Waals surface area contributed by atoms with Crippen LogP contribution in [0.3, 0.4) is 0 Å². The fourth-order valence-electron chi connectivity index (χ4n) is 4.19. The molecular formula is C23H21N3O. The van der Waals surface area contributed by atoms with Gasteiger partial charge >= 0.3 is 0 Å². The summed E-state index contributed by atoms with van der Waals surface area (Å²) in [7, 11) is 2.16. The number of hydrogen-bond acceptors (Lipinski definition) is 2. The Bertz CT molecular complexity index is 1190. The van der Waals surface area contributed by atoms with Crippen molar-refractivity contribution in [2.45, 2.75) is 12.5 Å². The van der Waals surface area contributed by atoms with Crippen molar-refractivity contribution in [3.05, 3.63) is 100 Å². The van der Waals surface area contributed by atoms with Gasteiger partial charge < -0.3 is 9.88 Å². The van der Waals surface area contributed by atoms with Gasteiger partial charge in [0.05, 0.1) is 0 Å². The third-order valence-corrected chi connectivity index (χ3v) is 5.52. The van der Waals surface area contributed by atoms with Crippen LogP contribution < -0.4 is 5.56 Å². The maximum absolute atomic E-state index is 12.2. The molecular weight excluding hydrogens is 334 g/mol. The molecule has 1 N–H and O–H groups in total. The summed E-state index contributed by atoms with van der Waals surface area (Å²) in [5.41, 5.74) is 6.06. The summed E-state index contributed by atoms with van der Waals surface area (Å²) >= 11 is 0. The van der Waals surface area contributed by atoms with E-state index < -0.39 is 0 Å². The molecule has 0 saturated heterocycles. The summed E-state index contributed by atoms with van der Waals surface area (Å²) in [6.07, 6.45) is 3.81. The van der Waals surface area contributed by atoms with Crippen molar-refractivity contribution in [1.82, 2.24) is 14.5 Å². The third kappa shape index (κ3) is 2.78. The van der Waals surface area contributed by atoms with E-state index in [1.165, 1.54) is 27.6 Å². The molecule has 2 aromatic carbocycles. The highest BCUT2D eigenvalue weighted by atomic mass is 16.1. The standard InChI is InChI=1S/C23H21N3O/c1-25-14-18-12-19(26-11-3-2-4-23(26)27)7-8-20(18)21(15-25)17-6-5-16-9-10-24-22(16)13-17/h2-13,21,24H,14-15H2,1H3. The molecule has 1 unspecified atom stereocenters. The Balaban J connectivity index is 1.61. The second-order valence-electron chi connectivity index (χ2n) is 7.37. The minimum atomic E-state index is -0.00430. The number of rotatable bonds is 2. The zero-order valence-corrected chi connectivity index (χ0v) is 15.2. The number of hydrogen-bond donors (Lipinski definition) is 1. The Morgan fingerprint density at radius 3 is 2.85 bits per heavy atom.